The number of esters is 2. The predicted molar refractivity (Wildman–Crippen MR) is 109 cm³/mol. The van der Waals surface area contributed by atoms with Gasteiger partial charge in [0, 0.05) is 12.6 Å². The van der Waals surface area contributed by atoms with Gasteiger partial charge < -0.3 is 14.8 Å². The molecule has 8 heteroatoms. The molecular formula is C22H22N2O6. The zero-order valence-corrected chi connectivity index (χ0v) is 16.6. The standard InChI is InChI=1S/C22H22N2O6/c1-15(20(26)24-22(28)23-14-17-6-4-3-5-7-17)30-19(25)13-10-16-8-11-18(12-9-16)21(27)29-2/h3-13,15H,14H2,1-2H3,(H2,23,24,26,28)/b13-10+/t15-/m1/s1. The minimum atomic E-state index is -1.16. The van der Waals surface area contributed by atoms with Crippen LogP contribution in [0.25, 0.3) is 6.08 Å². The summed E-state index contributed by atoms with van der Waals surface area (Å²) in [5, 5.41) is 4.66. The van der Waals surface area contributed by atoms with E-state index in [4.69, 9.17) is 4.74 Å². The van der Waals surface area contributed by atoms with E-state index in [9.17, 15) is 19.2 Å². The average Bonchev–Trinajstić information content (AvgIpc) is 2.76. The summed E-state index contributed by atoms with van der Waals surface area (Å²) in [6, 6.07) is 14.9. The molecule has 0 aliphatic rings. The van der Waals surface area contributed by atoms with E-state index >= 15 is 0 Å². The summed E-state index contributed by atoms with van der Waals surface area (Å²) in [5.74, 6) is -1.96. The summed E-state index contributed by atoms with van der Waals surface area (Å²) in [5.41, 5.74) is 1.91. The Labute approximate surface area is 173 Å². The summed E-state index contributed by atoms with van der Waals surface area (Å²) in [6.45, 7) is 1.61. The van der Waals surface area contributed by atoms with Crippen molar-refractivity contribution in [2.45, 2.75) is 19.6 Å². The molecule has 0 saturated heterocycles. The molecule has 2 rings (SSSR count). The minimum Gasteiger partial charge on any atom is -0.465 e. The molecule has 0 radical (unpaired) electrons. The lowest BCUT2D eigenvalue weighted by molar-refractivity contribution is -0.149. The van der Waals surface area contributed by atoms with Gasteiger partial charge in [0.1, 0.15) is 0 Å². The van der Waals surface area contributed by atoms with Crippen LogP contribution in [-0.2, 0) is 25.6 Å². The normalized spacial score (nSPS) is 11.4. The van der Waals surface area contributed by atoms with E-state index < -0.39 is 30.0 Å². The van der Waals surface area contributed by atoms with Crippen LogP contribution in [0.1, 0.15) is 28.4 Å². The summed E-state index contributed by atoms with van der Waals surface area (Å²) >= 11 is 0. The van der Waals surface area contributed by atoms with Crippen LogP contribution in [0.2, 0.25) is 0 Å². The van der Waals surface area contributed by atoms with Crippen molar-refractivity contribution >= 4 is 30.0 Å². The Bertz CT molecular complexity index is 922. The number of ether oxygens (including phenoxy) is 2. The maximum atomic E-state index is 12.0. The first-order valence-corrected chi connectivity index (χ1v) is 9.08. The van der Waals surface area contributed by atoms with Crippen molar-refractivity contribution in [1.29, 1.82) is 0 Å². The fourth-order valence-electron chi connectivity index (χ4n) is 2.32. The predicted octanol–water partition coefficient (Wildman–Crippen LogP) is 2.44. The Morgan fingerprint density at radius 1 is 1.00 bits per heavy atom. The molecule has 156 valence electrons. The van der Waals surface area contributed by atoms with Crippen molar-refractivity contribution in [3.05, 3.63) is 77.4 Å². The van der Waals surface area contributed by atoms with Gasteiger partial charge in [-0.1, -0.05) is 42.5 Å². The molecule has 0 aliphatic heterocycles. The zero-order chi connectivity index (χ0) is 21.9. The Hall–Kier alpha value is -3.94. The highest BCUT2D eigenvalue weighted by atomic mass is 16.5. The smallest absolute Gasteiger partial charge is 0.337 e. The molecule has 0 fully saturated rings. The fourth-order valence-corrected chi connectivity index (χ4v) is 2.32. The molecule has 2 N–H and O–H groups in total. The van der Waals surface area contributed by atoms with Crippen LogP contribution < -0.4 is 10.6 Å². The molecule has 0 spiro atoms. The Balaban J connectivity index is 1.78. The van der Waals surface area contributed by atoms with Gasteiger partial charge >= 0.3 is 18.0 Å². The lowest BCUT2D eigenvalue weighted by Gasteiger charge is -2.12. The van der Waals surface area contributed by atoms with Crippen molar-refractivity contribution in [3.63, 3.8) is 0 Å². The van der Waals surface area contributed by atoms with E-state index in [1.54, 1.807) is 24.3 Å². The van der Waals surface area contributed by atoms with Gasteiger partial charge in [0.05, 0.1) is 12.7 Å². The van der Waals surface area contributed by atoms with E-state index in [1.807, 2.05) is 30.3 Å². The van der Waals surface area contributed by atoms with Gasteiger partial charge in [-0.15, -0.1) is 0 Å². The molecule has 0 heterocycles. The van der Waals surface area contributed by atoms with E-state index in [2.05, 4.69) is 15.4 Å². The second-order valence-electron chi connectivity index (χ2n) is 6.18. The first-order valence-electron chi connectivity index (χ1n) is 9.08. The van der Waals surface area contributed by atoms with Crippen LogP contribution in [0.4, 0.5) is 4.79 Å². The van der Waals surface area contributed by atoms with E-state index in [0.717, 1.165) is 11.6 Å². The third-order valence-electron chi connectivity index (χ3n) is 3.94. The number of imide groups is 1. The Kier molecular flexibility index (Phi) is 8.31. The Morgan fingerprint density at radius 2 is 1.67 bits per heavy atom. The van der Waals surface area contributed by atoms with Crippen LogP contribution in [0.3, 0.4) is 0 Å². The molecule has 0 aromatic heterocycles. The molecule has 3 amide bonds. The van der Waals surface area contributed by atoms with Crippen molar-refractivity contribution in [1.82, 2.24) is 10.6 Å². The number of amides is 3. The van der Waals surface area contributed by atoms with Crippen molar-refractivity contribution in [2.24, 2.45) is 0 Å². The van der Waals surface area contributed by atoms with Gasteiger partial charge in [-0.05, 0) is 36.3 Å². The zero-order valence-electron chi connectivity index (χ0n) is 16.6. The third-order valence-corrected chi connectivity index (χ3v) is 3.94. The first kappa shape index (κ1) is 22.4. The highest BCUT2D eigenvalue weighted by Crippen LogP contribution is 2.08. The largest absolute Gasteiger partial charge is 0.465 e. The van der Waals surface area contributed by atoms with Crippen molar-refractivity contribution < 1.29 is 28.7 Å². The van der Waals surface area contributed by atoms with E-state index in [-0.39, 0.29) is 6.54 Å². The van der Waals surface area contributed by atoms with Crippen molar-refractivity contribution in [2.75, 3.05) is 7.11 Å². The summed E-state index contributed by atoms with van der Waals surface area (Å²) < 4.78 is 9.59. The summed E-state index contributed by atoms with van der Waals surface area (Å²) in [7, 11) is 1.29. The highest BCUT2D eigenvalue weighted by molar-refractivity contribution is 5.98. The number of rotatable bonds is 7. The van der Waals surface area contributed by atoms with E-state index in [1.165, 1.54) is 20.1 Å². The Morgan fingerprint density at radius 3 is 2.30 bits per heavy atom. The number of methoxy groups -OCH3 is 1. The van der Waals surface area contributed by atoms with Gasteiger partial charge in [0.2, 0.25) is 0 Å². The van der Waals surface area contributed by atoms with Gasteiger partial charge in [0.25, 0.3) is 5.91 Å². The van der Waals surface area contributed by atoms with Crippen LogP contribution >= 0.6 is 0 Å². The van der Waals surface area contributed by atoms with Crippen LogP contribution in [0.15, 0.2) is 60.7 Å². The lowest BCUT2D eigenvalue weighted by atomic mass is 10.1. The SMILES string of the molecule is COC(=O)c1ccc(/C=C/C(=O)O[C@H](C)C(=O)NC(=O)NCc2ccccc2)cc1. The molecule has 8 nitrogen and oxygen atoms in total. The average molecular weight is 410 g/mol. The van der Waals surface area contributed by atoms with Gasteiger partial charge in [-0.2, -0.15) is 0 Å². The maximum Gasteiger partial charge on any atom is 0.337 e. The first-order chi connectivity index (χ1) is 14.4. The lowest BCUT2D eigenvalue weighted by Crippen LogP contribution is -2.44. The van der Waals surface area contributed by atoms with Crippen LogP contribution in [-0.4, -0.2) is 37.1 Å². The monoisotopic (exact) mass is 410 g/mol. The highest BCUT2D eigenvalue weighted by Gasteiger charge is 2.18. The molecule has 0 saturated carbocycles. The number of nitrogens with one attached hydrogen (secondary N) is 2. The number of carbonyl (C=O) groups is 4. The molecular weight excluding hydrogens is 388 g/mol. The van der Waals surface area contributed by atoms with E-state index in [0.29, 0.717) is 11.1 Å². The number of hydrogen-bond donors (Lipinski definition) is 2. The minimum absolute atomic E-state index is 0.256. The number of benzene rings is 2. The maximum absolute atomic E-state index is 12.0. The quantitative estimate of drug-likeness (QED) is 0.536. The molecule has 1 atom stereocenters. The molecule has 30 heavy (non-hydrogen) atoms. The molecule has 2 aromatic rings. The summed E-state index contributed by atoms with van der Waals surface area (Å²) in [6.07, 6.45) is 1.46. The van der Waals surface area contributed by atoms with Gasteiger partial charge in [-0.3, -0.25) is 10.1 Å². The molecule has 0 aliphatic carbocycles. The molecule has 2 aromatic carbocycles. The molecule has 0 unspecified atom stereocenters. The topological polar surface area (TPSA) is 111 Å². The van der Waals surface area contributed by atoms with Crippen LogP contribution in [0.5, 0.6) is 0 Å². The number of hydrogen-bond acceptors (Lipinski definition) is 6. The number of carbonyl (C=O) groups excluding carboxylic acids is 4. The van der Waals surface area contributed by atoms with Gasteiger partial charge in [-0.25, -0.2) is 14.4 Å². The second-order valence-corrected chi connectivity index (χ2v) is 6.18. The van der Waals surface area contributed by atoms with Crippen LogP contribution in [0, 0.1) is 0 Å². The number of urea groups is 1. The second kappa shape index (κ2) is 11.2. The molecule has 0 bridgehead atoms. The summed E-state index contributed by atoms with van der Waals surface area (Å²) in [4.78, 5) is 47.1. The fraction of sp³-hybridized carbons (Fsp3) is 0.182. The third kappa shape index (κ3) is 7.23. The van der Waals surface area contributed by atoms with Crippen molar-refractivity contribution in [3.8, 4) is 0 Å². The van der Waals surface area contributed by atoms with Gasteiger partial charge in [0.15, 0.2) is 6.10 Å².